The molecule has 2 aromatic rings. The fourth-order valence-electron chi connectivity index (χ4n) is 2.46. The highest BCUT2D eigenvalue weighted by Crippen LogP contribution is 2.42. The molecule has 3 rings (SSSR count). The van der Waals surface area contributed by atoms with Crippen LogP contribution in [0.25, 0.3) is 11.1 Å². The summed E-state index contributed by atoms with van der Waals surface area (Å²) in [6.07, 6.45) is 0.444. The lowest BCUT2D eigenvalue weighted by Gasteiger charge is -2.01. The summed E-state index contributed by atoms with van der Waals surface area (Å²) < 4.78 is 0. The summed E-state index contributed by atoms with van der Waals surface area (Å²) >= 11 is 0. The quantitative estimate of drug-likeness (QED) is 0.520. The second-order valence-electron chi connectivity index (χ2n) is 4.34. The molecule has 1 aliphatic carbocycles. The fourth-order valence-corrected chi connectivity index (χ4v) is 2.46. The zero-order chi connectivity index (χ0) is 13.6. The minimum atomic E-state index is -0.463. The molecule has 0 N–H and O–H groups in total. The smallest absolute Gasteiger partial charge is 0.258 e. The van der Waals surface area contributed by atoms with Crippen molar-refractivity contribution in [3.63, 3.8) is 0 Å². The van der Waals surface area contributed by atoms with E-state index in [0.717, 1.165) is 5.56 Å². The van der Waals surface area contributed by atoms with Crippen LogP contribution in [0.2, 0.25) is 0 Å². The Hall–Kier alpha value is -2.76. The Morgan fingerprint density at radius 3 is 2.42 bits per heavy atom. The predicted molar refractivity (Wildman–Crippen MR) is 68.0 cm³/mol. The van der Waals surface area contributed by atoms with Crippen molar-refractivity contribution in [2.24, 2.45) is 0 Å². The first kappa shape index (κ1) is 11.3. The Bertz CT molecular complexity index is 725. The minimum absolute atomic E-state index is 0.00175. The SMILES string of the molecule is O=[N+]([O-])c1ccc2c(c1)-c1cccc([N+](=O)[O-])c1C2. The molecule has 0 atom stereocenters. The summed E-state index contributed by atoms with van der Waals surface area (Å²) in [7, 11) is 0. The van der Waals surface area contributed by atoms with Crippen LogP contribution in [0.3, 0.4) is 0 Å². The van der Waals surface area contributed by atoms with Gasteiger partial charge in [-0.25, -0.2) is 0 Å². The summed E-state index contributed by atoms with van der Waals surface area (Å²) in [5.74, 6) is 0. The van der Waals surface area contributed by atoms with Crippen LogP contribution in [0.15, 0.2) is 36.4 Å². The van der Waals surface area contributed by atoms with E-state index in [2.05, 4.69) is 0 Å². The van der Waals surface area contributed by atoms with Gasteiger partial charge in [0.15, 0.2) is 0 Å². The standard InChI is InChI=1S/C13H8N2O4/c16-14(17)9-5-4-8-6-12-10(11(8)7-9)2-1-3-13(12)15(18)19/h1-5,7H,6H2. The lowest BCUT2D eigenvalue weighted by atomic mass is 10.0. The Morgan fingerprint density at radius 2 is 1.74 bits per heavy atom. The number of hydrogen-bond acceptors (Lipinski definition) is 4. The number of nitrogens with zero attached hydrogens (tertiary/aromatic N) is 2. The Kier molecular flexibility index (Phi) is 2.31. The van der Waals surface area contributed by atoms with E-state index >= 15 is 0 Å². The zero-order valence-electron chi connectivity index (χ0n) is 9.70. The van der Waals surface area contributed by atoms with Crippen LogP contribution in [0, 0.1) is 20.2 Å². The first-order valence-corrected chi connectivity index (χ1v) is 5.62. The average molecular weight is 256 g/mol. The van der Waals surface area contributed by atoms with Crippen molar-refractivity contribution < 1.29 is 9.85 Å². The van der Waals surface area contributed by atoms with Gasteiger partial charge in [-0.3, -0.25) is 20.2 Å². The molecule has 6 heteroatoms. The summed E-state index contributed by atoms with van der Waals surface area (Å²) in [6, 6.07) is 9.39. The van der Waals surface area contributed by atoms with Crippen molar-refractivity contribution in [3.8, 4) is 11.1 Å². The predicted octanol–water partition coefficient (Wildman–Crippen LogP) is 3.07. The maximum Gasteiger partial charge on any atom is 0.273 e. The summed E-state index contributed by atoms with van der Waals surface area (Å²) in [4.78, 5) is 20.9. The van der Waals surface area contributed by atoms with E-state index in [9.17, 15) is 20.2 Å². The van der Waals surface area contributed by atoms with E-state index in [1.54, 1.807) is 18.2 Å². The van der Waals surface area contributed by atoms with Gasteiger partial charge in [0, 0.05) is 30.2 Å². The van der Waals surface area contributed by atoms with Crippen molar-refractivity contribution >= 4 is 11.4 Å². The normalized spacial score (nSPS) is 11.8. The molecule has 0 saturated carbocycles. The molecule has 0 radical (unpaired) electrons. The lowest BCUT2D eigenvalue weighted by Crippen LogP contribution is -1.93. The van der Waals surface area contributed by atoms with Gasteiger partial charge in [0.05, 0.1) is 9.85 Å². The van der Waals surface area contributed by atoms with Crippen LogP contribution >= 0.6 is 0 Å². The number of hydrogen-bond donors (Lipinski definition) is 0. The number of nitro benzene ring substituents is 2. The van der Waals surface area contributed by atoms with E-state index in [0.29, 0.717) is 23.1 Å². The second-order valence-corrected chi connectivity index (χ2v) is 4.34. The molecule has 0 fully saturated rings. The number of benzene rings is 2. The van der Waals surface area contributed by atoms with Gasteiger partial charge in [0.25, 0.3) is 11.4 Å². The molecule has 0 amide bonds. The van der Waals surface area contributed by atoms with Gasteiger partial charge in [0.1, 0.15) is 0 Å². The molecule has 0 aromatic heterocycles. The van der Waals surface area contributed by atoms with E-state index in [-0.39, 0.29) is 11.4 Å². The Labute approximate surface area is 107 Å². The number of rotatable bonds is 2. The van der Waals surface area contributed by atoms with Gasteiger partial charge < -0.3 is 0 Å². The van der Waals surface area contributed by atoms with Crippen LogP contribution < -0.4 is 0 Å². The molecule has 0 saturated heterocycles. The third-order valence-corrected chi connectivity index (χ3v) is 3.31. The Morgan fingerprint density at radius 1 is 0.947 bits per heavy atom. The molecule has 6 nitrogen and oxygen atoms in total. The van der Waals surface area contributed by atoms with Gasteiger partial charge >= 0.3 is 0 Å². The zero-order valence-corrected chi connectivity index (χ0v) is 9.70. The maximum atomic E-state index is 11.0. The summed E-state index contributed by atoms with van der Waals surface area (Å²) in [6.45, 7) is 0. The van der Waals surface area contributed by atoms with Crippen molar-refractivity contribution in [1.29, 1.82) is 0 Å². The minimum Gasteiger partial charge on any atom is -0.258 e. The van der Waals surface area contributed by atoms with E-state index < -0.39 is 9.85 Å². The third kappa shape index (κ3) is 1.65. The summed E-state index contributed by atoms with van der Waals surface area (Å²) in [5.41, 5.74) is 3.01. The van der Waals surface area contributed by atoms with Gasteiger partial charge in [-0.2, -0.15) is 0 Å². The van der Waals surface area contributed by atoms with Crippen molar-refractivity contribution in [2.75, 3.05) is 0 Å². The highest BCUT2D eigenvalue weighted by molar-refractivity contribution is 5.81. The lowest BCUT2D eigenvalue weighted by molar-refractivity contribution is -0.385. The average Bonchev–Trinajstić information content (AvgIpc) is 2.75. The Balaban J connectivity index is 2.22. The summed E-state index contributed by atoms with van der Waals surface area (Å²) in [5, 5.41) is 21.8. The molecular weight excluding hydrogens is 248 g/mol. The molecule has 0 unspecified atom stereocenters. The number of non-ortho nitro benzene ring substituents is 1. The highest BCUT2D eigenvalue weighted by Gasteiger charge is 2.27. The monoisotopic (exact) mass is 256 g/mol. The van der Waals surface area contributed by atoms with Gasteiger partial charge in [-0.1, -0.05) is 18.2 Å². The topological polar surface area (TPSA) is 86.3 Å². The van der Waals surface area contributed by atoms with Crippen molar-refractivity contribution in [1.82, 2.24) is 0 Å². The first-order chi connectivity index (χ1) is 9.08. The fraction of sp³-hybridized carbons (Fsp3) is 0.0769. The number of nitro groups is 2. The van der Waals surface area contributed by atoms with E-state index in [1.807, 2.05) is 0 Å². The highest BCUT2D eigenvalue weighted by atomic mass is 16.6. The molecule has 94 valence electrons. The first-order valence-electron chi connectivity index (χ1n) is 5.62. The van der Waals surface area contributed by atoms with Crippen LogP contribution in [0.4, 0.5) is 11.4 Å². The molecule has 0 bridgehead atoms. The third-order valence-electron chi connectivity index (χ3n) is 3.31. The number of fused-ring (bicyclic) bond motifs is 3. The van der Waals surface area contributed by atoms with Gasteiger partial charge in [0.2, 0.25) is 0 Å². The largest absolute Gasteiger partial charge is 0.273 e. The second kappa shape index (κ2) is 3.88. The van der Waals surface area contributed by atoms with Crippen LogP contribution in [0.5, 0.6) is 0 Å². The van der Waals surface area contributed by atoms with Gasteiger partial charge in [-0.15, -0.1) is 0 Å². The van der Waals surface area contributed by atoms with Crippen molar-refractivity contribution in [3.05, 3.63) is 67.8 Å². The van der Waals surface area contributed by atoms with Crippen LogP contribution in [-0.2, 0) is 6.42 Å². The maximum absolute atomic E-state index is 11.0. The molecule has 0 heterocycles. The van der Waals surface area contributed by atoms with E-state index in [4.69, 9.17) is 0 Å². The molecule has 0 aliphatic heterocycles. The molecule has 1 aliphatic rings. The van der Waals surface area contributed by atoms with E-state index in [1.165, 1.54) is 18.2 Å². The molecule has 0 spiro atoms. The molecule has 19 heavy (non-hydrogen) atoms. The van der Waals surface area contributed by atoms with Crippen molar-refractivity contribution in [2.45, 2.75) is 6.42 Å². The van der Waals surface area contributed by atoms with Crippen LogP contribution in [0.1, 0.15) is 11.1 Å². The molecular formula is C13H8N2O4. The molecule has 2 aromatic carbocycles. The van der Waals surface area contributed by atoms with Crippen LogP contribution in [-0.4, -0.2) is 9.85 Å². The van der Waals surface area contributed by atoms with Gasteiger partial charge in [-0.05, 0) is 16.7 Å².